The van der Waals surface area contributed by atoms with E-state index in [1.54, 1.807) is 19.1 Å². The van der Waals surface area contributed by atoms with Gasteiger partial charge >= 0.3 is 0 Å². The summed E-state index contributed by atoms with van der Waals surface area (Å²) in [5.41, 5.74) is 0.836. The molecule has 0 aliphatic carbocycles. The van der Waals surface area contributed by atoms with E-state index < -0.39 is 10.0 Å². The van der Waals surface area contributed by atoms with Crippen LogP contribution in [0.2, 0.25) is 0 Å². The number of hydrogen-bond acceptors (Lipinski definition) is 3. The molecule has 1 aromatic carbocycles. The highest BCUT2D eigenvalue weighted by Gasteiger charge is 2.16. The molecule has 0 saturated heterocycles. The predicted molar refractivity (Wildman–Crippen MR) is 83.6 cm³/mol. The molecule has 1 amide bonds. The summed E-state index contributed by atoms with van der Waals surface area (Å²) in [6.07, 6.45) is 1.91. The summed E-state index contributed by atoms with van der Waals surface area (Å²) >= 11 is 0. The quantitative estimate of drug-likeness (QED) is 0.844. The van der Waals surface area contributed by atoms with Crippen LogP contribution in [-0.4, -0.2) is 20.4 Å². The van der Waals surface area contributed by atoms with Gasteiger partial charge in [0.2, 0.25) is 10.0 Å². The molecule has 5 nitrogen and oxygen atoms in total. The van der Waals surface area contributed by atoms with Crippen LogP contribution in [0.4, 0.5) is 0 Å². The molecule has 0 aliphatic heterocycles. The van der Waals surface area contributed by atoms with Crippen molar-refractivity contribution in [3.05, 3.63) is 29.3 Å². The van der Waals surface area contributed by atoms with Gasteiger partial charge < -0.3 is 5.32 Å². The fourth-order valence-electron chi connectivity index (χ4n) is 2.01. The number of carbonyl (C=O) groups excluding carboxylic acids is 1. The molecule has 21 heavy (non-hydrogen) atoms. The van der Waals surface area contributed by atoms with Gasteiger partial charge in [-0.3, -0.25) is 4.79 Å². The Morgan fingerprint density at radius 1 is 1.24 bits per heavy atom. The van der Waals surface area contributed by atoms with Crippen molar-refractivity contribution in [2.24, 2.45) is 11.1 Å². The van der Waals surface area contributed by atoms with Crippen molar-refractivity contribution in [1.82, 2.24) is 5.32 Å². The molecule has 118 valence electrons. The van der Waals surface area contributed by atoms with E-state index in [1.165, 1.54) is 6.07 Å². The average molecular weight is 312 g/mol. The van der Waals surface area contributed by atoms with Crippen LogP contribution in [0.1, 0.15) is 49.5 Å². The molecular weight excluding hydrogens is 288 g/mol. The first-order chi connectivity index (χ1) is 9.61. The number of nitrogens with two attached hydrogens (primary N) is 1. The van der Waals surface area contributed by atoms with Crippen molar-refractivity contribution in [3.8, 4) is 0 Å². The van der Waals surface area contributed by atoms with E-state index in [4.69, 9.17) is 5.14 Å². The maximum Gasteiger partial charge on any atom is 0.251 e. The molecule has 0 fully saturated rings. The molecule has 1 aromatic rings. The number of amides is 1. The van der Waals surface area contributed by atoms with Gasteiger partial charge in [-0.2, -0.15) is 0 Å². The van der Waals surface area contributed by atoms with Crippen molar-refractivity contribution in [1.29, 1.82) is 0 Å². The molecule has 1 rings (SSSR count). The number of hydrogen-bond donors (Lipinski definition) is 2. The van der Waals surface area contributed by atoms with E-state index >= 15 is 0 Å². The number of aryl methyl sites for hydroxylation is 1. The second-order valence-corrected chi connectivity index (χ2v) is 7.40. The van der Waals surface area contributed by atoms with Crippen molar-refractivity contribution in [3.63, 3.8) is 0 Å². The zero-order valence-electron chi connectivity index (χ0n) is 13.0. The predicted octanol–water partition coefficient (Wildman–Crippen LogP) is 2.20. The maximum absolute atomic E-state index is 12.1. The van der Waals surface area contributed by atoms with Gasteiger partial charge in [0.25, 0.3) is 5.91 Å². The van der Waals surface area contributed by atoms with Gasteiger partial charge in [0, 0.05) is 11.6 Å². The zero-order valence-corrected chi connectivity index (χ0v) is 13.8. The van der Waals surface area contributed by atoms with Crippen LogP contribution in [-0.2, 0) is 10.0 Å². The Hall–Kier alpha value is -1.40. The van der Waals surface area contributed by atoms with E-state index in [1.807, 2.05) is 6.92 Å². The minimum Gasteiger partial charge on any atom is -0.350 e. The Balaban J connectivity index is 2.84. The van der Waals surface area contributed by atoms with Crippen LogP contribution in [0.5, 0.6) is 0 Å². The van der Waals surface area contributed by atoms with Crippen molar-refractivity contribution in [2.45, 2.75) is 51.5 Å². The Kier molecular flexibility index (Phi) is 5.92. The van der Waals surface area contributed by atoms with Gasteiger partial charge in [-0.15, -0.1) is 0 Å². The topological polar surface area (TPSA) is 89.3 Å². The lowest BCUT2D eigenvalue weighted by molar-refractivity contribution is 0.0937. The average Bonchev–Trinajstić information content (AvgIpc) is 2.35. The van der Waals surface area contributed by atoms with Crippen molar-refractivity contribution < 1.29 is 13.2 Å². The number of rotatable bonds is 6. The van der Waals surface area contributed by atoms with Crippen LogP contribution >= 0.6 is 0 Å². The highest BCUT2D eigenvalue weighted by atomic mass is 32.2. The third-order valence-corrected chi connectivity index (χ3v) is 4.36. The van der Waals surface area contributed by atoms with Gasteiger partial charge in [-0.25, -0.2) is 13.6 Å². The molecule has 3 N–H and O–H groups in total. The van der Waals surface area contributed by atoms with E-state index in [0.29, 0.717) is 17.0 Å². The molecular formula is C15H24N2O3S. The lowest BCUT2D eigenvalue weighted by Crippen LogP contribution is -2.33. The largest absolute Gasteiger partial charge is 0.350 e. The van der Waals surface area contributed by atoms with Gasteiger partial charge in [0.05, 0.1) is 4.90 Å². The van der Waals surface area contributed by atoms with Crippen LogP contribution in [0.25, 0.3) is 0 Å². The van der Waals surface area contributed by atoms with Gasteiger partial charge in [-0.05, 0) is 50.3 Å². The zero-order chi connectivity index (χ0) is 16.2. The van der Waals surface area contributed by atoms with E-state index in [2.05, 4.69) is 19.2 Å². The molecule has 0 spiro atoms. The maximum atomic E-state index is 12.1. The smallest absolute Gasteiger partial charge is 0.251 e. The number of sulfonamides is 1. The normalized spacial score (nSPS) is 13.2. The summed E-state index contributed by atoms with van der Waals surface area (Å²) in [5, 5.41) is 8.02. The first-order valence-corrected chi connectivity index (χ1v) is 8.60. The minimum atomic E-state index is -3.82. The molecule has 6 heteroatoms. The molecule has 0 saturated carbocycles. The summed E-state index contributed by atoms with van der Waals surface area (Å²) in [5.74, 6) is 0.300. The molecule has 0 radical (unpaired) electrons. The second-order valence-electron chi connectivity index (χ2n) is 5.87. The summed E-state index contributed by atoms with van der Waals surface area (Å²) in [6, 6.07) is 4.57. The van der Waals surface area contributed by atoms with Crippen molar-refractivity contribution in [2.75, 3.05) is 0 Å². The highest BCUT2D eigenvalue weighted by Crippen LogP contribution is 2.16. The van der Waals surface area contributed by atoms with Gasteiger partial charge in [0.1, 0.15) is 0 Å². The Morgan fingerprint density at radius 3 is 2.38 bits per heavy atom. The van der Waals surface area contributed by atoms with E-state index in [-0.39, 0.29) is 16.8 Å². The summed E-state index contributed by atoms with van der Waals surface area (Å²) in [4.78, 5) is 12.1. The highest BCUT2D eigenvalue weighted by molar-refractivity contribution is 7.89. The number of nitrogens with one attached hydrogen (secondary N) is 1. The number of benzene rings is 1. The number of primary sulfonamides is 1. The molecule has 0 heterocycles. The Morgan fingerprint density at radius 2 is 1.86 bits per heavy atom. The van der Waals surface area contributed by atoms with Crippen molar-refractivity contribution >= 4 is 15.9 Å². The summed E-state index contributed by atoms with van der Waals surface area (Å²) < 4.78 is 22.9. The fraction of sp³-hybridized carbons (Fsp3) is 0.533. The monoisotopic (exact) mass is 312 g/mol. The third-order valence-electron chi connectivity index (χ3n) is 3.31. The summed E-state index contributed by atoms with van der Waals surface area (Å²) in [6.45, 7) is 7.85. The third kappa shape index (κ3) is 5.47. The Labute approximate surface area is 127 Å². The molecule has 0 bridgehead atoms. The van der Waals surface area contributed by atoms with Crippen LogP contribution in [0.15, 0.2) is 23.1 Å². The minimum absolute atomic E-state index is 0.00927. The van der Waals surface area contributed by atoms with Gasteiger partial charge in [-0.1, -0.05) is 19.9 Å². The Bertz CT molecular complexity index is 609. The SMILES string of the molecule is Cc1ccc(C(=O)NC(C)CCC(C)C)cc1S(N)(=O)=O. The summed E-state index contributed by atoms with van der Waals surface area (Å²) in [7, 11) is -3.82. The van der Waals surface area contributed by atoms with E-state index in [0.717, 1.165) is 12.8 Å². The molecule has 1 atom stereocenters. The van der Waals surface area contributed by atoms with Gasteiger partial charge in [0.15, 0.2) is 0 Å². The fourth-order valence-corrected chi connectivity index (χ4v) is 2.82. The first kappa shape index (κ1) is 17.7. The van der Waals surface area contributed by atoms with Crippen LogP contribution < -0.4 is 10.5 Å². The lowest BCUT2D eigenvalue weighted by atomic mass is 10.0. The molecule has 0 aromatic heterocycles. The number of carbonyl (C=O) groups is 1. The molecule has 0 aliphatic rings. The first-order valence-electron chi connectivity index (χ1n) is 7.05. The van der Waals surface area contributed by atoms with Crippen LogP contribution in [0.3, 0.4) is 0 Å². The lowest BCUT2D eigenvalue weighted by Gasteiger charge is -2.15. The second kappa shape index (κ2) is 7.04. The van der Waals surface area contributed by atoms with Crippen LogP contribution in [0, 0.1) is 12.8 Å². The van der Waals surface area contributed by atoms with E-state index in [9.17, 15) is 13.2 Å². The standard InChI is InChI=1S/C15H24N2O3S/c1-10(2)5-7-12(4)17-15(18)13-8-6-11(3)14(9-13)21(16,19)20/h6,8-10,12H,5,7H2,1-4H3,(H,17,18)(H2,16,19,20). The molecule has 1 unspecified atom stereocenters.